The van der Waals surface area contributed by atoms with Gasteiger partial charge in [0.15, 0.2) is 17.7 Å². The van der Waals surface area contributed by atoms with Crippen LogP contribution in [0.15, 0.2) is 12.7 Å². The second-order valence-corrected chi connectivity index (χ2v) is 17.2. The molecule has 1 fully saturated rings. The predicted octanol–water partition coefficient (Wildman–Crippen LogP) is -1.95. The highest BCUT2D eigenvalue weighted by atomic mass is 32.2. The maximum Gasteiger partial charge on any atom is 0.481 e. The minimum absolute atomic E-state index is 0.0251. The number of carbonyl (C=O) groups excluding carboxylic acids is 3. The Morgan fingerprint density at radius 2 is 1.72 bits per heavy atom. The lowest BCUT2D eigenvalue weighted by Gasteiger charge is -2.30. The number of imidazole rings is 1. The Balaban J connectivity index is 1.52. The fourth-order valence-electron chi connectivity index (χ4n) is 4.40. The van der Waals surface area contributed by atoms with Crippen molar-refractivity contribution >= 4 is 69.1 Å². The third kappa shape index (κ3) is 13.4. The van der Waals surface area contributed by atoms with E-state index < -0.39 is 95.8 Å². The first-order valence-corrected chi connectivity index (χ1v) is 20.7. The molecule has 4 unspecified atom stereocenters. The molecule has 0 aliphatic carbocycles. The van der Waals surface area contributed by atoms with E-state index in [1.807, 2.05) is 0 Å². The van der Waals surface area contributed by atoms with Gasteiger partial charge in [0.2, 0.25) is 16.9 Å². The van der Waals surface area contributed by atoms with Crippen molar-refractivity contribution in [1.82, 2.24) is 30.2 Å². The highest BCUT2D eigenvalue weighted by Crippen LogP contribution is 2.61. The molecule has 0 radical (unpaired) electrons. The zero-order chi connectivity index (χ0) is 39.9. The van der Waals surface area contributed by atoms with Crippen molar-refractivity contribution in [2.24, 2.45) is 5.41 Å². The summed E-state index contributed by atoms with van der Waals surface area (Å²) in [6.07, 6.45) is -8.15. The van der Waals surface area contributed by atoms with Crippen LogP contribution in [0.2, 0.25) is 0 Å². The number of aromatic nitrogens is 4. The van der Waals surface area contributed by atoms with Crippen LogP contribution in [0.5, 0.6) is 0 Å². The van der Waals surface area contributed by atoms with Crippen molar-refractivity contribution in [2.75, 3.05) is 37.8 Å². The van der Waals surface area contributed by atoms with Crippen LogP contribution in [-0.4, -0.2) is 134 Å². The van der Waals surface area contributed by atoms with E-state index in [9.17, 15) is 57.9 Å². The number of nitrogens with one attached hydrogen (secondary N) is 2. The number of rotatable bonds is 20. The number of fused-ring (bicyclic) bond motifs is 1. The Bertz CT molecular complexity index is 1760. The number of phosphoric ester groups is 3. The molecule has 1 aliphatic rings. The molecular formula is C24H40N7O18P3S. The molecule has 25 nitrogen and oxygen atoms in total. The fraction of sp³-hybridized carbons (Fsp3) is 0.667. The van der Waals surface area contributed by atoms with Crippen LogP contribution < -0.4 is 16.4 Å². The average Bonchev–Trinajstić information content (AvgIpc) is 3.60. The first-order chi connectivity index (χ1) is 24.4. The minimum atomic E-state index is -5.57. The van der Waals surface area contributed by atoms with Gasteiger partial charge in [-0.2, -0.15) is 4.31 Å². The summed E-state index contributed by atoms with van der Waals surface area (Å²) in [5.41, 5.74) is 4.23. The third-order valence-electron chi connectivity index (χ3n) is 7.09. The number of thioether (sulfide) groups is 1. The Kier molecular flexibility index (Phi) is 15.6. The molecule has 0 aromatic carbocycles. The number of amides is 2. The number of carbonyl (C=O) groups is 3. The number of nitrogens with zero attached hydrogens (tertiary/aromatic N) is 4. The predicted molar refractivity (Wildman–Crippen MR) is 179 cm³/mol. The summed E-state index contributed by atoms with van der Waals surface area (Å²) in [5.74, 6) is -1.33. The highest BCUT2D eigenvalue weighted by Gasteiger charge is 2.50. The fourth-order valence-corrected chi connectivity index (χ4v) is 7.88. The van der Waals surface area contributed by atoms with Crippen LogP contribution in [0.1, 0.15) is 33.4 Å². The lowest BCUT2D eigenvalue weighted by Crippen LogP contribution is -2.46. The van der Waals surface area contributed by atoms with E-state index >= 15 is 0 Å². The Hall–Kier alpha value is -2.48. The van der Waals surface area contributed by atoms with E-state index in [1.165, 1.54) is 20.8 Å². The van der Waals surface area contributed by atoms with E-state index in [-0.39, 0.29) is 42.2 Å². The SMILES string of the molecule is CC(O)C(=O)SCCNC(=O)CCNC(=O)C(O)C(C)(C)COP(=O)(O)OP(=O)(O)OC[C@H]1O[C@@H](n2cnc3c(N)ncnc32)[C@H](O)[C@@H]1OP(=O)(O)O. The summed E-state index contributed by atoms with van der Waals surface area (Å²) in [6.45, 7) is 1.62. The van der Waals surface area contributed by atoms with Gasteiger partial charge in [-0.15, -0.1) is 0 Å². The molecule has 8 atom stereocenters. The monoisotopic (exact) mass is 839 g/mol. The van der Waals surface area contributed by atoms with Crippen molar-refractivity contribution in [3.8, 4) is 0 Å². The third-order valence-corrected chi connectivity index (χ3v) is 11.2. The maximum atomic E-state index is 12.6. The van der Waals surface area contributed by atoms with E-state index in [4.69, 9.17) is 24.6 Å². The van der Waals surface area contributed by atoms with Crippen molar-refractivity contribution < 1.29 is 85.6 Å². The van der Waals surface area contributed by atoms with Crippen LogP contribution in [0.4, 0.5) is 5.82 Å². The Morgan fingerprint density at radius 3 is 2.36 bits per heavy atom. The lowest BCUT2D eigenvalue weighted by molar-refractivity contribution is -0.137. The van der Waals surface area contributed by atoms with Crippen LogP contribution in [0.3, 0.4) is 0 Å². The molecule has 2 aromatic heterocycles. The Labute approximate surface area is 304 Å². The highest BCUT2D eigenvalue weighted by molar-refractivity contribution is 8.13. The number of nitrogens with two attached hydrogens (primary N) is 1. The van der Waals surface area contributed by atoms with E-state index in [2.05, 4.69) is 34.4 Å². The summed E-state index contributed by atoms with van der Waals surface area (Å²) >= 11 is 0.828. The summed E-state index contributed by atoms with van der Waals surface area (Å²) in [6, 6.07) is 0. The summed E-state index contributed by atoms with van der Waals surface area (Å²) in [4.78, 5) is 86.5. The van der Waals surface area contributed by atoms with Crippen molar-refractivity contribution in [2.45, 2.75) is 63.9 Å². The van der Waals surface area contributed by atoms with Gasteiger partial charge in [0.1, 0.15) is 42.4 Å². The smallest absolute Gasteiger partial charge is 0.386 e. The van der Waals surface area contributed by atoms with E-state index in [0.29, 0.717) is 0 Å². The maximum absolute atomic E-state index is 12.6. The van der Waals surface area contributed by atoms with Crippen molar-refractivity contribution in [1.29, 1.82) is 0 Å². The van der Waals surface area contributed by atoms with Gasteiger partial charge in [0.05, 0.1) is 19.5 Å². The number of aliphatic hydroxyl groups excluding tert-OH is 3. The van der Waals surface area contributed by atoms with E-state index in [0.717, 1.165) is 29.0 Å². The molecule has 0 saturated carbocycles. The molecule has 11 N–H and O–H groups in total. The quantitative estimate of drug-likeness (QED) is 0.0511. The minimum Gasteiger partial charge on any atom is -0.386 e. The topological polar surface area (TPSA) is 384 Å². The molecule has 3 rings (SSSR count). The molecule has 2 amide bonds. The van der Waals surface area contributed by atoms with Gasteiger partial charge < -0.3 is 56.0 Å². The van der Waals surface area contributed by atoms with Crippen LogP contribution >= 0.6 is 35.2 Å². The second kappa shape index (κ2) is 18.4. The molecule has 0 spiro atoms. The summed E-state index contributed by atoms with van der Waals surface area (Å²) < 4.78 is 61.9. The van der Waals surface area contributed by atoms with Gasteiger partial charge in [-0.3, -0.25) is 32.5 Å². The van der Waals surface area contributed by atoms with Crippen LogP contribution in [0.25, 0.3) is 11.2 Å². The normalized spacial score (nSPS) is 22.8. The zero-order valence-electron chi connectivity index (χ0n) is 28.1. The van der Waals surface area contributed by atoms with Gasteiger partial charge in [-0.1, -0.05) is 25.6 Å². The molecule has 2 aromatic rings. The molecular weight excluding hydrogens is 799 g/mol. The van der Waals surface area contributed by atoms with Gasteiger partial charge in [0.25, 0.3) is 0 Å². The number of aliphatic hydroxyl groups is 3. The molecule has 1 saturated heterocycles. The Morgan fingerprint density at radius 1 is 1.06 bits per heavy atom. The number of ether oxygens (including phenoxy) is 1. The molecule has 0 bridgehead atoms. The molecule has 1 aliphatic heterocycles. The zero-order valence-corrected chi connectivity index (χ0v) is 31.6. The van der Waals surface area contributed by atoms with Gasteiger partial charge in [-0.05, 0) is 6.92 Å². The first kappa shape index (κ1) is 44.9. The van der Waals surface area contributed by atoms with Gasteiger partial charge in [0, 0.05) is 30.7 Å². The summed E-state index contributed by atoms with van der Waals surface area (Å²) in [7, 11) is -16.4. The average molecular weight is 840 g/mol. The molecule has 300 valence electrons. The number of hydrogen-bond donors (Lipinski definition) is 10. The number of phosphoric acid groups is 3. The van der Waals surface area contributed by atoms with Gasteiger partial charge >= 0.3 is 23.5 Å². The number of nitrogen functional groups attached to an aromatic ring is 1. The number of hydrogen-bond acceptors (Lipinski definition) is 19. The molecule has 29 heteroatoms. The molecule has 3 heterocycles. The van der Waals surface area contributed by atoms with Crippen LogP contribution in [-0.2, 0) is 50.7 Å². The second-order valence-electron chi connectivity index (χ2n) is 11.9. The molecule has 53 heavy (non-hydrogen) atoms. The van der Waals surface area contributed by atoms with Crippen molar-refractivity contribution in [3.63, 3.8) is 0 Å². The van der Waals surface area contributed by atoms with Crippen molar-refractivity contribution in [3.05, 3.63) is 12.7 Å². The summed E-state index contributed by atoms with van der Waals surface area (Å²) in [5, 5.41) is 34.8. The lowest BCUT2D eigenvalue weighted by atomic mass is 9.87. The standard InChI is InChI=1S/C24H40N7O18P3S/c1-12(32)23(37)53-7-6-26-14(33)4-5-27-21(36)18(35)24(2,3)9-46-52(43,44)49-51(41,42)45-8-13-17(48-50(38,39)40)16(34)22(47-13)31-11-30-15-19(25)28-10-29-20(15)31/h10-13,16-18,22,32,34-35H,4-9H2,1-3H3,(H,26,33)(H,27,36)(H,41,42)(H,43,44)(H2,25,28,29)(H2,38,39,40)/t12?,13-,16-,17-,18?,22-/m1/s1. The number of anilines is 1. The van der Waals surface area contributed by atoms with Crippen LogP contribution in [0, 0.1) is 5.41 Å². The largest absolute Gasteiger partial charge is 0.481 e. The van der Waals surface area contributed by atoms with E-state index in [1.54, 1.807) is 0 Å². The first-order valence-electron chi connectivity index (χ1n) is 15.2. The van der Waals surface area contributed by atoms with Gasteiger partial charge in [-0.25, -0.2) is 28.6 Å².